The van der Waals surface area contributed by atoms with Crippen LogP contribution in [-0.2, 0) is 14.3 Å². The van der Waals surface area contributed by atoms with Crippen LogP contribution in [0.15, 0.2) is 48.8 Å². The van der Waals surface area contributed by atoms with Crippen LogP contribution in [0.4, 0.5) is 0 Å². The first-order valence-electron chi connectivity index (χ1n) is 9.51. The molecular weight excluding hydrogens is 344 g/mol. The van der Waals surface area contributed by atoms with E-state index in [0.29, 0.717) is 32.7 Å². The summed E-state index contributed by atoms with van der Waals surface area (Å²) in [4.78, 5) is 15.0. The normalized spacial score (nSPS) is 20.0. The van der Waals surface area contributed by atoms with Crippen LogP contribution in [0.3, 0.4) is 0 Å². The molecule has 1 amide bonds. The summed E-state index contributed by atoms with van der Waals surface area (Å²) in [5.74, 6) is 0.527. The van der Waals surface area contributed by atoms with Crippen LogP contribution in [0.2, 0.25) is 0 Å². The zero-order chi connectivity index (χ0) is 18.7. The highest BCUT2D eigenvalue weighted by Crippen LogP contribution is 2.32. The number of benzene rings is 1. The Balaban J connectivity index is 1.46. The highest BCUT2D eigenvalue weighted by Gasteiger charge is 2.40. The van der Waals surface area contributed by atoms with Crippen LogP contribution in [-0.4, -0.2) is 54.6 Å². The van der Waals surface area contributed by atoms with Crippen molar-refractivity contribution in [3.8, 4) is 5.75 Å². The topological polar surface area (TPSA) is 52.9 Å². The third-order valence-electron chi connectivity index (χ3n) is 5.55. The molecular formula is C21H26N2O4. The summed E-state index contributed by atoms with van der Waals surface area (Å²) in [5, 5.41) is 0. The lowest BCUT2D eigenvalue weighted by molar-refractivity contribution is -0.187. The Morgan fingerprint density at radius 3 is 2.33 bits per heavy atom. The van der Waals surface area contributed by atoms with Crippen molar-refractivity contribution in [2.45, 2.75) is 31.1 Å². The summed E-state index contributed by atoms with van der Waals surface area (Å²) >= 11 is 0. The SMILES string of the molecule is COc1ccc(C(CC(=O)N2CCC3(CC2)OCCO3)n2cccc2)cc1. The first-order chi connectivity index (χ1) is 13.2. The smallest absolute Gasteiger partial charge is 0.225 e. The molecule has 1 aromatic carbocycles. The monoisotopic (exact) mass is 370 g/mol. The zero-order valence-electron chi connectivity index (χ0n) is 15.7. The van der Waals surface area contributed by atoms with E-state index in [4.69, 9.17) is 14.2 Å². The molecule has 1 spiro atoms. The standard InChI is InChI=1S/C21H26N2O4/c1-25-18-6-4-17(5-7-18)19(22-10-2-3-11-22)16-20(24)23-12-8-21(9-13-23)26-14-15-27-21/h2-7,10-11,19H,8-9,12-16H2,1H3. The van der Waals surface area contributed by atoms with Crippen molar-refractivity contribution in [2.24, 2.45) is 0 Å². The molecule has 2 fully saturated rings. The van der Waals surface area contributed by atoms with Crippen LogP contribution < -0.4 is 4.74 Å². The summed E-state index contributed by atoms with van der Waals surface area (Å²) in [6.07, 6.45) is 5.93. The minimum Gasteiger partial charge on any atom is -0.497 e. The van der Waals surface area contributed by atoms with Gasteiger partial charge in [0.25, 0.3) is 0 Å². The predicted octanol–water partition coefficient (Wildman–Crippen LogP) is 2.84. The van der Waals surface area contributed by atoms with Gasteiger partial charge in [-0.3, -0.25) is 4.79 Å². The van der Waals surface area contributed by atoms with E-state index in [1.54, 1.807) is 7.11 Å². The molecule has 0 radical (unpaired) electrons. The van der Waals surface area contributed by atoms with Gasteiger partial charge in [-0.15, -0.1) is 0 Å². The first-order valence-corrected chi connectivity index (χ1v) is 9.51. The number of aromatic nitrogens is 1. The van der Waals surface area contributed by atoms with E-state index in [-0.39, 0.29) is 11.9 Å². The number of methoxy groups -OCH3 is 1. The summed E-state index contributed by atoms with van der Waals surface area (Å²) in [5.41, 5.74) is 1.09. The maximum atomic E-state index is 13.0. The molecule has 1 aromatic heterocycles. The Labute approximate surface area is 159 Å². The van der Waals surface area contributed by atoms with Gasteiger partial charge in [0, 0.05) is 38.3 Å². The van der Waals surface area contributed by atoms with Crippen molar-refractivity contribution in [1.82, 2.24) is 9.47 Å². The Kier molecular flexibility index (Phi) is 5.18. The fourth-order valence-electron chi connectivity index (χ4n) is 3.95. The van der Waals surface area contributed by atoms with E-state index in [1.165, 1.54) is 0 Å². The first kappa shape index (κ1) is 18.1. The maximum absolute atomic E-state index is 13.0. The number of hydrogen-bond acceptors (Lipinski definition) is 4. The number of carbonyl (C=O) groups excluding carboxylic acids is 1. The number of carbonyl (C=O) groups is 1. The second kappa shape index (κ2) is 7.74. The summed E-state index contributed by atoms with van der Waals surface area (Å²) in [6, 6.07) is 11.9. The fourth-order valence-corrected chi connectivity index (χ4v) is 3.95. The number of hydrogen-bond donors (Lipinski definition) is 0. The highest BCUT2D eigenvalue weighted by molar-refractivity contribution is 5.77. The van der Waals surface area contributed by atoms with Crippen LogP contribution in [0.5, 0.6) is 5.75 Å². The Morgan fingerprint density at radius 1 is 1.11 bits per heavy atom. The second-order valence-electron chi connectivity index (χ2n) is 7.11. The lowest BCUT2D eigenvalue weighted by Gasteiger charge is -2.38. The van der Waals surface area contributed by atoms with Crippen LogP contribution >= 0.6 is 0 Å². The van der Waals surface area contributed by atoms with Crippen molar-refractivity contribution in [1.29, 1.82) is 0 Å². The lowest BCUT2D eigenvalue weighted by atomic mass is 10.00. The van der Waals surface area contributed by atoms with E-state index in [9.17, 15) is 4.79 Å². The van der Waals surface area contributed by atoms with E-state index in [0.717, 1.165) is 24.2 Å². The van der Waals surface area contributed by atoms with Gasteiger partial charge in [0.2, 0.25) is 5.91 Å². The maximum Gasteiger partial charge on any atom is 0.225 e. The van der Waals surface area contributed by atoms with Crippen LogP contribution in [0, 0.1) is 0 Å². The molecule has 0 saturated carbocycles. The molecule has 6 heteroatoms. The van der Waals surface area contributed by atoms with Gasteiger partial charge in [-0.25, -0.2) is 0 Å². The molecule has 27 heavy (non-hydrogen) atoms. The molecule has 1 unspecified atom stereocenters. The summed E-state index contributed by atoms with van der Waals surface area (Å²) < 4.78 is 18.9. The van der Waals surface area contributed by atoms with Gasteiger partial charge < -0.3 is 23.7 Å². The summed E-state index contributed by atoms with van der Waals surface area (Å²) in [6.45, 7) is 2.67. The lowest BCUT2D eigenvalue weighted by Crippen LogP contribution is -2.47. The molecule has 0 N–H and O–H groups in total. The van der Waals surface area contributed by atoms with E-state index >= 15 is 0 Å². The molecule has 144 valence electrons. The van der Waals surface area contributed by atoms with Gasteiger partial charge in [0.05, 0.1) is 32.8 Å². The summed E-state index contributed by atoms with van der Waals surface area (Å²) in [7, 11) is 1.66. The number of rotatable bonds is 5. The predicted molar refractivity (Wildman–Crippen MR) is 101 cm³/mol. The third kappa shape index (κ3) is 3.87. The van der Waals surface area contributed by atoms with Gasteiger partial charge in [-0.05, 0) is 29.8 Å². The molecule has 2 aliphatic heterocycles. The van der Waals surface area contributed by atoms with Gasteiger partial charge >= 0.3 is 0 Å². The second-order valence-corrected chi connectivity index (χ2v) is 7.11. The molecule has 2 aromatic rings. The van der Waals surface area contributed by atoms with Gasteiger partial charge in [-0.2, -0.15) is 0 Å². The van der Waals surface area contributed by atoms with Crippen molar-refractivity contribution >= 4 is 5.91 Å². The average Bonchev–Trinajstić information content (AvgIpc) is 3.39. The molecule has 0 aliphatic carbocycles. The number of piperidine rings is 1. The van der Waals surface area contributed by atoms with Gasteiger partial charge in [-0.1, -0.05) is 12.1 Å². The zero-order valence-corrected chi connectivity index (χ0v) is 15.7. The fraction of sp³-hybridized carbons (Fsp3) is 0.476. The van der Waals surface area contributed by atoms with Crippen molar-refractivity contribution in [3.63, 3.8) is 0 Å². The van der Waals surface area contributed by atoms with Gasteiger partial charge in [0.1, 0.15) is 5.75 Å². The van der Waals surface area contributed by atoms with Crippen molar-refractivity contribution in [3.05, 3.63) is 54.4 Å². The molecule has 1 atom stereocenters. The largest absolute Gasteiger partial charge is 0.497 e. The minimum atomic E-state index is -0.452. The molecule has 6 nitrogen and oxygen atoms in total. The molecule has 2 saturated heterocycles. The Bertz CT molecular complexity index is 741. The average molecular weight is 370 g/mol. The van der Waals surface area contributed by atoms with Crippen molar-refractivity contribution in [2.75, 3.05) is 33.4 Å². The van der Waals surface area contributed by atoms with Crippen molar-refractivity contribution < 1.29 is 19.0 Å². The molecule has 2 aliphatic rings. The van der Waals surface area contributed by atoms with E-state index in [1.807, 2.05) is 53.7 Å². The van der Waals surface area contributed by atoms with Crippen LogP contribution in [0.1, 0.15) is 30.9 Å². The number of amides is 1. The van der Waals surface area contributed by atoms with E-state index in [2.05, 4.69) is 4.57 Å². The molecule has 0 bridgehead atoms. The van der Waals surface area contributed by atoms with E-state index < -0.39 is 5.79 Å². The van der Waals surface area contributed by atoms with Gasteiger partial charge in [0.15, 0.2) is 5.79 Å². The highest BCUT2D eigenvalue weighted by atomic mass is 16.7. The molecule has 3 heterocycles. The number of likely N-dealkylation sites (tertiary alicyclic amines) is 1. The molecule has 4 rings (SSSR count). The third-order valence-corrected chi connectivity index (χ3v) is 5.55. The number of nitrogens with zero attached hydrogens (tertiary/aromatic N) is 2. The minimum absolute atomic E-state index is 0.0340. The Hall–Kier alpha value is -2.31. The quantitative estimate of drug-likeness (QED) is 0.812. The van der Waals surface area contributed by atoms with Crippen LogP contribution in [0.25, 0.3) is 0 Å². The number of ether oxygens (including phenoxy) is 3. The Morgan fingerprint density at radius 2 is 1.74 bits per heavy atom.